The number of ether oxygens (including phenoxy) is 2. The minimum Gasteiger partial charge on any atom is -0.493 e. The maximum atomic E-state index is 12.5. The van der Waals surface area contributed by atoms with Gasteiger partial charge in [-0.15, -0.1) is 0 Å². The number of pyridine rings is 1. The number of rotatable bonds is 10. The molecule has 0 bridgehead atoms. The summed E-state index contributed by atoms with van der Waals surface area (Å²) in [7, 11) is 0. The molecule has 7 nitrogen and oxygen atoms in total. The minimum atomic E-state index is -0.856. The topological polar surface area (TPSA) is 90.7 Å². The summed E-state index contributed by atoms with van der Waals surface area (Å²) in [6.07, 6.45) is 4.53. The quantitative estimate of drug-likeness (QED) is 0.417. The van der Waals surface area contributed by atoms with Gasteiger partial charge in [-0.3, -0.25) is 9.78 Å². The van der Waals surface area contributed by atoms with E-state index >= 15 is 0 Å². The van der Waals surface area contributed by atoms with E-state index in [2.05, 4.69) is 18.0 Å². The SMILES string of the molecule is CCCC(C)(C)OC(=O)n1c(O)c(Cc2ccc(OCCc3ccc(CC)cn3)cc2)sc1=O. The Balaban J connectivity index is 1.59. The minimum absolute atomic E-state index is 0.318. The first-order valence-corrected chi connectivity index (χ1v) is 12.4. The van der Waals surface area contributed by atoms with E-state index in [0.717, 1.165) is 41.2 Å². The van der Waals surface area contributed by atoms with E-state index in [1.54, 1.807) is 13.8 Å². The van der Waals surface area contributed by atoms with Crippen LogP contribution in [0.1, 0.15) is 62.2 Å². The largest absolute Gasteiger partial charge is 0.493 e. The van der Waals surface area contributed by atoms with Crippen LogP contribution in [-0.4, -0.2) is 33.0 Å². The molecule has 1 aromatic carbocycles. The van der Waals surface area contributed by atoms with Crippen molar-refractivity contribution in [3.63, 3.8) is 0 Å². The van der Waals surface area contributed by atoms with Crippen molar-refractivity contribution in [1.29, 1.82) is 0 Å². The molecule has 0 atom stereocenters. The van der Waals surface area contributed by atoms with Crippen LogP contribution in [0.3, 0.4) is 0 Å². The van der Waals surface area contributed by atoms with Gasteiger partial charge in [-0.05, 0) is 56.0 Å². The molecular formula is C26H32N2O5S. The van der Waals surface area contributed by atoms with E-state index in [4.69, 9.17) is 9.47 Å². The summed E-state index contributed by atoms with van der Waals surface area (Å²) in [5.74, 6) is 0.361. The van der Waals surface area contributed by atoms with E-state index < -0.39 is 16.6 Å². The fraction of sp³-hybridized carbons (Fsp3) is 0.423. The zero-order valence-corrected chi connectivity index (χ0v) is 21.0. The summed E-state index contributed by atoms with van der Waals surface area (Å²) in [5.41, 5.74) is 2.36. The number of benzene rings is 1. The lowest BCUT2D eigenvalue weighted by molar-refractivity contribution is 0.0318. The van der Waals surface area contributed by atoms with Crippen molar-refractivity contribution in [2.45, 2.75) is 65.4 Å². The highest BCUT2D eigenvalue weighted by Crippen LogP contribution is 2.26. The molecule has 2 aromatic heterocycles. The fourth-order valence-electron chi connectivity index (χ4n) is 3.59. The molecule has 0 radical (unpaired) electrons. The number of thiazole rings is 1. The van der Waals surface area contributed by atoms with E-state index in [1.807, 2.05) is 43.5 Å². The van der Waals surface area contributed by atoms with Gasteiger partial charge in [-0.1, -0.05) is 49.8 Å². The average molecular weight is 485 g/mol. The Hall–Kier alpha value is -3.13. The highest BCUT2D eigenvalue weighted by atomic mass is 32.1. The molecule has 8 heteroatoms. The van der Waals surface area contributed by atoms with Crippen LogP contribution in [0.15, 0.2) is 47.4 Å². The second-order valence-electron chi connectivity index (χ2n) is 8.76. The molecule has 3 aromatic rings. The van der Waals surface area contributed by atoms with Gasteiger partial charge in [0.05, 0.1) is 11.5 Å². The van der Waals surface area contributed by atoms with Crippen molar-refractivity contribution in [1.82, 2.24) is 9.55 Å². The molecule has 182 valence electrons. The lowest BCUT2D eigenvalue weighted by Crippen LogP contribution is -2.33. The van der Waals surface area contributed by atoms with E-state index in [0.29, 0.717) is 35.3 Å². The van der Waals surface area contributed by atoms with Gasteiger partial charge < -0.3 is 14.6 Å². The number of carbonyl (C=O) groups is 1. The molecule has 0 unspecified atom stereocenters. The van der Waals surface area contributed by atoms with Crippen molar-refractivity contribution in [2.24, 2.45) is 0 Å². The van der Waals surface area contributed by atoms with Crippen LogP contribution < -0.4 is 9.61 Å². The number of hydrogen-bond donors (Lipinski definition) is 1. The molecule has 0 aliphatic carbocycles. The Morgan fingerprint density at radius 3 is 2.44 bits per heavy atom. The molecule has 1 N–H and O–H groups in total. The molecule has 0 aliphatic rings. The number of carbonyl (C=O) groups excluding carboxylic acids is 1. The van der Waals surface area contributed by atoms with Crippen LogP contribution in [0, 0.1) is 0 Å². The Morgan fingerprint density at radius 1 is 1.12 bits per heavy atom. The standard InChI is InChI=1S/C26H32N2O5S/c1-5-14-26(3,4)33-24(30)28-23(29)22(34-25(28)31)16-19-8-11-21(12-9-19)32-15-13-20-10-7-18(6-2)17-27-20/h7-12,17,29H,5-6,13-16H2,1-4H3. The Labute approximate surface area is 204 Å². The molecule has 0 aliphatic heterocycles. The van der Waals surface area contributed by atoms with E-state index in [-0.39, 0.29) is 5.88 Å². The molecule has 0 fully saturated rings. The third-order valence-corrected chi connectivity index (χ3v) is 6.39. The first kappa shape index (κ1) is 25.5. The molecule has 34 heavy (non-hydrogen) atoms. The Bertz CT molecular complexity index is 1150. The maximum Gasteiger partial charge on any atom is 0.425 e. The van der Waals surface area contributed by atoms with Crippen molar-refractivity contribution >= 4 is 17.4 Å². The van der Waals surface area contributed by atoms with Crippen LogP contribution in [-0.2, 0) is 24.0 Å². The van der Waals surface area contributed by atoms with Gasteiger partial charge in [0, 0.05) is 24.7 Å². The van der Waals surface area contributed by atoms with Crippen molar-refractivity contribution in [2.75, 3.05) is 6.61 Å². The fourth-order valence-corrected chi connectivity index (χ4v) is 4.48. The first-order valence-electron chi connectivity index (χ1n) is 11.5. The predicted molar refractivity (Wildman–Crippen MR) is 133 cm³/mol. The van der Waals surface area contributed by atoms with Crippen molar-refractivity contribution < 1.29 is 19.4 Å². The average Bonchev–Trinajstić information content (AvgIpc) is 3.07. The maximum absolute atomic E-state index is 12.5. The number of nitrogens with zero attached hydrogens (tertiary/aromatic N) is 2. The van der Waals surface area contributed by atoms with Crippen molar-refractivity contribution in [3.8, 4) is 11.6 Å². The molecule has 0 saturated carbocycles. The summed E-state index contributed by atoms with van der Waals surface area (Å²) < 4.78 is 12.0. The summed E-state index contributed by atoms with van der Waals surface area (Å²) in [4.78, 5) is 29.1. The molecule has 3 rings (SSSR count). The zero-order valence-electron chi connectivity index (χ0n) is 20.2. The van der Waals surface area contributed by atoms with Crippen molar-refractivity contribution in [3.05, 3.63) is 74.0 Å². The van der Waals surface area contributed by atoms with Gasteiger partial charge in [0.15, 0.2) is 0 Å². The van der Waals surface area contributed by atoms with Crippen LogP contribution in [0.4, 0.5) is 4.79 Å². The highest BCUT2D eigenvalue weighted by Gasteiger charge is 2.27. The molecular weight excluding hydrogens is 452 g/mol. The van der Waals surface area contributed by atoms with Crippen LogP contribution in [0.5, 0.6) is 11.6 Å². The van der Waals surface area contributed by atoms with Gasteiger partial charge in [-0.2, -0.15) is 4.57 Å². The van der Waals surface area contributed by atoms with Gasteiger partial charge >= 0.3 is 11.0 Å². The zero-order chi connectivity index (χ0) is 24.7. The molecule has 0 spiro atoms. The van der Waals surface area contributed by atoms with Gasteiger partial charge in [0.2, 0.25) is 5.88 Å². The predicted octanol–water partition coefficient (Wildman–Crippen LogP) is 5.35. The number of aryl methyl sites for hydroxylation is 1. The number of hydrogen-bond acceptors (Lipinski definition) is 7. The van der Waals surface area contributed by atoms with E-state index in [1.165, 1.54) is 5.56 Å². The lowest BCUT2D eigenvalue weighted by Gasteiger charge is -2.24. The smallest absolute Gasteiger partial charge is 0.425 e. The number of aromatic nitrogens is 2. The molecule has 0 saturated heterocycles. The van der Waals surface area contributed by atoms with Crippen LogP contribution >= 0.6 is 11.3 Å². The third-order valence-electron chi connectivity index (χ3n) is 5.46. The normalized spacial score (nSPS) is 11.4. The van der Waals surface area contributed by atoms with Crippen LogP contribution in [0.2, 0.25) is 0 Å². The Kier molecular flexibility index (Phi) is 8.50. The molecule has 0 amide bonds. The van der Waals surface area contributed by atoms with Gasteiger partial charge in [0.25, 0.3) is 0 Å². The molecule has 2 heterocycles. The lowest BCUT2D eigenvalue weighted by atomic mass is 10.0. The second kappa shape index (κ2) is 11.3. The van der Waals surface area contributed by atoms with Crippen LogP contribution in [0.25, 0.3) is 0 Å². The highest BCUT2D eigenvalue weighted by molar-refractivity contribution is 7.09. The first-order chi connectivity index (χ1) is 16.2. The monoisotopic (exact) mass is 484 g/mol. The number of aromatic hydroxyl groups is 1. The second-order valence-corrected chi connectivity index (χ2v) is 9.80. The van der Waals surface area contributed by atoms with Gasteiger partial charge in [0.1, 0.15) is 11.4 Å². The summed E-state index contributed by atoms with van der Waals surface area (Å²) in [6.45, 7) is 8.17. The van der Waals surface area contributed by atoms with Gasteiger partial charge in [-0.25, -0.2) is 4.79 Å². The summed E-state index contributed by atoms with van der Waals surface area (Å²) in [5, 5.41) is 10.5. The van der Waals surface area contributed by atoms with E-state index in [9.17, 15) is 14.7 Å². The third kappa shape index (κ3) is 6.70. The summed E-state index contributed by atoms with van der Waals surface area (Å²) >= 11 is 0.840. The Morgan fingerprint density at radius 2 is 1.82 bits per heavy atom. The summed E-state index contributed by atoms with van der Waals surface area (Å²) in [6, 6.07) is 11.6.